The van der Waals surface area contributed by atoms with Crippen molar-refractivity contribution in [2.45, 2.75) is 25.3 Å². The van der Waals surface area contributed by atoms with Gasteiger partial charge in [0.25, 0.3) is 15.9 Å². The van der Waals surface area contributed by atoms with Crippen LogP contribution in [0.3, 0.4) is 0 Å². The molecule has 0 aliphatic rings. The van der Waals surface area contributed by atoms with Gasteiger partial charge in [-0.15, -0.1) is 0 Å². The molecule has 42 heavy (non-hydrogen) atoms. The van der Waals surface area contributed by atoms with Crippen LogP contribution in [0.25, 0.3) is 0 Å². The first-order valence-electron chi connectivity index (χ1n) is 12.8. The van der Waals surface area contributed by atoms with E-state index in [0.29, 0.717) is 22.5 Å². The largest absolute Gasteiger partial charge is 0.322 e. The van der Waals surface area contributed by atoms with E-state index in [0.717, 1.165) is 19.7 Å². The zero-order chi connectivity index (χ0) is 30.7. The van der Waals surface area contributed by atoms with E-state index in [2.05, 4.69) is 10.0 Å². The van der Waals surface area contributed by atoms with Gasteiger partial charge >= 0.3 is 10.2 Å². The molecule has 2 N–H and O–H groups in total. The van der Waals surface area contributed by atoms with Gasteiger partial charge in [-0.1, -0.05) is 42.0 Å². The van der Waals surface area contributed by atoms with Crippen molar-refractivity contribution < 1.29 is 26.0 Å². The van der Waals surface area contributed by atoms with Gasteiger partial charge in [0, 0.05) is 25.3 Å². The van der Waals surface area contributed by atoms with Gasteiger partial charge in [0.05, 0.1) is 22.8 Å². The minimum atomic E-state index is -4.02. The number of nitrogens with one attached hydrogen (secondary N) is 2. The molecule has 0 aromatic heterocycles. The molecule has 0 radical (unpaired) electrons. The summed E-state index contributed by atoms with van der Waals surface area (Å²) in [5.41, 5.74) is 3.42. The summed E-state index contributed by atoms with van der Waals surface area (Å²) in [5, 5.41) is 2.72. The van der Waals surface area contributed by atoms with Crippen LogP contribution in [-0.4, -0.2) is 41.1 Å². The summed E-state index contributed by atoms with van der Waals surface area (Å²) in [7, 11) is -5.13. The highest BCUT2D eigenvalue weighted by atomic mass is 32.2. The molecular formula is C30H31FN4O5S2. The molecule has 0 heterocycles. The Hall–Kier alpha value is -4.26. The number of benzene rings is 4. The molecule has 0 aliphatic carbocycles. The van der Waals surface area contributed by atoms with E-state index < -0.39 is 32.0 Å². The SMILES string of the molecule is Cc1ccc(NS(=O)(=O)c2ccc(NC(=O)c3ccc(CN(c4ccccc4F)S(=O)(=O)N(C)C)cc3)cc2)c(C)c1. The number of rotatable bonds is 10. The van der Waals surface area contributed by atoms with Crippen LogP contribution in [0.5, 0.6) is 0 Å². The lowest BCUT2D eigenvalue weighted by molar-refractivity contribution is 0.102. The molecule has 0 atom stereocenters. The lowest BCUT2D eigenvalue weighted by Crippen LogP contribution is -2.40. The average Bonchev–Trinajstić information content (AvgIpc) is 2.94. The summed E-state index contributed by atoms with van der Waals surface area (Å²) in [6.07, 6.45) is 0. The molecule has 0 fully saturated rings. The standard InChI is InChI=1S/C30H31FN4O5S2/c1-21-9-18-28(22(2)19-21)33-41(37,38)26-16-14-25(15-17-26)32-30(36)24-12-10-23(11-13-24)20-35(42(39,40)34(3)4)29-8-6-5-7-27(29)31/h5-19,33H,20H2,1-4H3,(H,32,36). The van der Waals surface area contributed by atoms with Crippen molar-refractivity contribution in [3.8, 4) is 0 Å². The Balaban J connectivity index is 1.45. The lowest BCUT2D eigenvalue weighted by Gasteiger charge is -2.27. The molecule has 0 saturated carbocycles. The minimum Gasteiger partial charge on any atom is -0.322 e. The fraction of sp³-hybridized carbons (Fsp3) is 0.167. The molecule has 4 aromatic carbocycles. The van der Waals surface area contributed by atoms with Crippen molar-refractivity contribution >= 4 is 43.2 Å². The maximum atomic E-state index is 14.5. The number of nitrogens with zero attached hydrogens (tertiary/aromatic N) is 2. The smallest absolute Gasteiger partial charge is 0.303 e. The van der Waals surface area contributed by atoms with E-state index in [-0.39, 0.29) is 17.1 Å². The second-order valence-corrected chi connectivity index (χ2v) is 13.6. The molecule has 0 aliphatic heterocycles. The van der Waals surface area contributed by atoms with E-state index in [1.165, 1.54) is 68.7 Å². The molecular weight excluding hydrogens is 579 g/mol. The van der Waals surface area contributed by atoms with Crippen LogP contribution < -0.4 is 14.3 Å². The second kappa shape index (κ2) is 12.3. The third kappa shape index (κ3) is 6.96. The van der Waals surface area contributed by atoms with E-state index in [4.69, 9.17) is 0 Å². The maximum Gasteiger partial charge on any atom is 0.303 e. The highest BCUT2D eigenvalue weighted by Crippen LogP contribution is 2.26. The van der Waals surface area contributed by atoms with Crippen molar-refractivity contribution in [2.24, 2.45) is 0 Å². The molecule has 0 unspecified atom stereocenters. The molecule has 1 amide bonds. The second-order valence-electron chi connectivity index (χ2n) is 9.85. The average molecular weight is 611 g/mol. The number of anilines is 3. The summed E-state index contributed by atoms with van der Waals surface area (Å²) in [5.74, 6) is -1.13. The summed E-state index contributed by atoms with van der Waals surface area (Å²) in [6, 6.07) is 23.0. The van der Waals surface area contributed by atoms with Crippen molar-refractivity contribution in [1.82, 2.24) is 4.31 Å². The Morgan fingerprint density at radius 1 is 0.833 bits per heavy atom. The Morgan fingerprint density at radius 3 is 2.07 bits per heavy atom. The number of carbonyl (C=O) groups is 1. The van der Waals surface area contributed by atoms with Gasteiger partial charge in [-0.25, -0.2) is 12.8 Å². The molecule has 12 heteroatoms. The molecule has 9 nitrogen and oxygen atoms in total. The quantitative estimate of drug-likeness (QED) is 0.253. The number of sulfonamides is 1. The van der Waals surface area contributed by atoms with Gasteiger partial charge in [-0.3, -0.25) is 13.8 Å². The van der Waals surface area contributed by atoms with Crippen molar-refractivity contribution in [3.63, 3.8) is 0 Å². The summed E-state index contributed by atoms with van der Waals surface area (Å²) in [6.45, 7) is 3.59. The topological polar surface area (TPSA) is 116 Å². The number of hydrogen-bond donors (Lipinski definition) is 2. The number of hydrogen-bond acceptors (Lipinski definition) is 5. The highest BCUT2D eigenvalue weighted by Gasteiger charge is 2.27. The van der Waals surface area contributed by atoms with Crippen LogP contribution >= 0.6 is 0 Å². The Morgan fingerprint density at radius 2 is 1.48 bits per heavy atom. The van der Waals surface area contributed by atoms with Crippen molar-refractivity contribution in [2.75, 3.05) is 28.4 Å². The van der Waals surface area contributed by atoms with Crippen LogP contribution in [0.2, 0.25) is 0 Å². The van der Waals surface area contributed by atoms with E-state index in [9.17, 15) is 26.0 Å². The lowest BCUT2D eigenvalue weighted by atomic mass is 10.1. The molecule has 4 aromatic rings. The minimum absolute atomic E-state index is 0.0388. The Bertz CT molecular complexity index is 1810. The Labute approximate surface area is 245 Å². The van der Waals surface area contributed by atoms with Crippen LogP contribution in [0.4, 0.5) is 21.5 Å². The molecule has 220 valence electrons. The molecule has 0 bridgehead atoms. The van der Waals surface area contributed by atoms with E-state index in [1.54, 1.807) is 24.3 Å². The summed E-state index contributed by atoms with van der Waals surface area (Å²) >= 11 is 0. The summed E-state index contributed by atoms with van der Waals surface area (Å²) in [4.78, 5) is 12.9. The molecule has 4 rings (SSSR count). The van der Waals surface area contributed by atoms with Gasteiger partial charge in [-0.05, 0) is 79.6 Å². The molecule has 0 spiro atoms. The number of amides is 1. The summed E-state index contributed by atoms with van der Waals surface area (Å²) < 4.78 is 70.7. The highest BCUT2D eigenvalue weighted by molar-refractivity contribution is 7.92. The zero-order valence-corrected chi connectivity index (χ0v) is 25.1. The van der Waals surface area contributed by atoms with Gasteiger partial charge in [0.1, 0.15) is 5.82 Å². The third-order valence-corrected chi connectivity index (χ3v) is 9.64. The number of halogens is 1. The van der Waals surface area contributed by atoms with Crippen LogP contribution in [0.1, 0.15) is 27.0 Å². The fourth-order valence-electron chi connectivity index (χ4n) is 4.12. The predicted octanol–water partition coefficient (Wildman–Crippen LogP) is 5.31. The number of aryl methyl sites for hydroxylation is 2. The van der Waals surface area contributed by atoms with Gasteiger partial charge in [-0.2, -0.15) is 12.7 Å². The fourth-order valence-corrected chi connectivity index (χ4v) is 6.36. The van der Waals surface area contributed by atoms with Crippen LogP contribution in [-0.2, 0) is 26.8 Å². The van der Waals surface area contributed by atoms with Gasteiger partial charge in [0.2, 0.25) is 0 Å². The van der Waals surface area contributed by atoms with Crippen LogP contribution in [0.15, 0.2) is 95.9 Å². The molecule has 0 saturated heterocycles. The predicted molar refractivity (Wildman–Crippen MR) is 163 cm³/mol. The van der Waals surface area contributed by atoms with Gasteiger partial charge < -0.3 is 5.32 Å². The third-order valence-electron chi connectivity index (χ3n) is 6.45. The van der Waals surface area contributed by atoms with E-state index >= 15 is 0 Å². The van der Waals surface area contributed by atoms with Gasteiger partial charge in [0.15, 0.2) is 0 Å². The zero-order valence-electron chi connectivity index (χ0n) is 23.5. The monoisotopic (exact) mass is 610 g/mol. The maximum absolute atomic E-state index is 14.5. The van der Waals surface area contributed by atoms with Crippen LogP contribution in [0, 0.1) is 19.7 Å². The first-order chi connectivity index (χ1) is 19.8. The van der Waals surface area contributed by atoms with E-state index in [1.807, 2.05) is 26.0 Å². The Kier molecular flexibility index (Phi) is 9.00. The normalized spacial score (nSPS) is 11.8. The first-order valence-corrected chi connectivity index (χ1v) is 15.7. The van der Waals surface area contributed by atoms with Crippen molar-refractivity contribution in [1.29, 1.82) is 0 Å². The number of para-hydroxylation sites is 1. The number of carbonyl (C=O) groups excluding carboxylic acids is 1. The van der Waals surface area contributed by atoms with Crippen molar-refractivity contribution in [3.05, 3.63) is 119 Å². The first kappa shape index (κ1) is 30.7.